The van der Waals surface area contributed by atoms with Crippen molar-refractivity contribution in [2.75, 3.05) is 5.32 Å². The van der Waals surface area contributed by atoms with Crippen LogP contribution < -0.4 is 10.6 Å². The predicted molar refractivity (Wildman–Crippen MR) is 148 cm³/mol. The van der Waals surface area contributed by atoms with Crippen LogP contribution in [0.4, 0.5) is 5.69 Å². The number of carbonyl (C=O) groups excluding carboxylic acids is 3. The molecule has 1 aliphatic carbocycles. The van der Waals surface area contributed by atoms with Gasteiger partial charge in [0.15, 0.2) is 0 Å². The molecule has 0 aromatic heterocycles. The van der Waals surface area contributed by atoms with Gasteiger partial charge >= 0.3 is 0 Å². The lowest BCUT2D eigenvalue weighted by molar-refractivity contribution is -0.142. The van der Waals surface area contributed by atoms with Crippen molar-refractivity contribution in [1.29, 1.82) is 0 Å². The molecule has 1 saturated carbocycles. The van der Waals surface area contributed by atoms with Gasteiger partial charge < -0.3 is 20.3 Å². The summed E-state index contributed by atoms with van der Waals surface area (Å²) >= 11 is 0. The molecule has 204 valence electrons. The van der Waals surface area contributed by atoms with Gasteiger partial charge in [0.2, 0.25) is 17.7 Å². The van der Waals surface area contributed by atoms with E-state index in [0.29, 0.717) is 17.5 Å². The van der Waals surface area contributed by atoms with Gasteiger partial charge in [-0.15, -0.1) is 0 Å². The van der Waals surface area contributed by atoms with Crippen molar-refractivity contribution in [2.24, 2.45) is 23.7 Å². The molecule has 2 saturated heterocycles. The highest BCUT2D eigenvalue weighted by Crippen LogP contribution is 2.55. The Morgan fingerprint density at radius 1 is 1.05 bits per heavy atom. The minimum atomic E-state index is -1.17. The summed E-state index contributed by atoms with van der Waals surface area (Å²) in [5.41, 5.74) is 1.47. The summed E-state index contributed by atoms with van der Waals surface area (Å²) in [4.78, 5) is 43.6. The highest BCUT2D eigenvalue weighted by Gasteiger charge is 2.72. The number of benzene rings is 2. The van der Waals surface area contributed by atoms with E-state index >= 15 is 0 Å². The van der Waals surface area contributed by atoms with E-state index in [1.807, 2.05) is 73.7 Å². The molecule has 2 aromatic carbocycles. The van der Waals surface area contributed by atoms with Crippen LogP contribution in [-0.2, 0) is 25.7 Å². The van der Waals surface area contributed by atoms with Crippen LogP contribution in [-0.4, -0.2) is 46.4 Å². The van der Waals surface area contributed by atoms with Crippen LogP contribution in [0, 0.1) is 30.6 Å². The van der Waals surface area contributed by atoms with Gasteiger partial charge in [-0.25, -0.2) is 0 Å². The molecular formula is C32H37N3O4. The average molecular weight is 528 g/mol. The van der Waals surface area contributed by atoms with Crippen molar-refractivity contribution in [3.05, 3.63) is 77.9 Å². The van der Waals surface area contributed by atoms with Crippen molar-refractivity contribution in [1.82, 2.24) is 10.2 Å². The molecule has 4 aliphatic rings. The Bertz CT molecular complexity index is 1310. The van der Waals surface area contributed by atoms with Gasteiger partial charge in [-0.05, 0) is 48.4 Å². The van der Waals surface area contributed by atoms with Crippen LogP contribution in [0.15, 0.2) is 66.7 Å². The fraction of sp³-hybridized carbons (Fsp3) is 0.469. The Morgan fingerprint density at radius 2 is 1.85 bits per heavy atom. The number of likely N-dealkylation sites (tertiary alicyclic amines) is 1. The summed E-state index contributed by atoms with van der Waals surface area (Å²) in [5.74, 6) is -1.27. The first-order valence-electron chi connectivity index (χ1n) is 14.2. The lowest BCUT2D eigenvalue weighted by Crippen LogP contribution is -2.57. The number of rotatable bonds is 6. The fourth-order valence-electron chi connectivity index (χ4n) is 7.21. The second kappa shape index (κ2) is 9.94. The number of hydrogen-bond acceptors (Lipinski definition) is 4. The van der Waals surface area contributed by atoms with E-state index in [9.17, 15) is 14.4 Å². The Kier molecular flexibility index (Phi) is 6.58. The standard InChI is InChI=1S/C32H37N3O4/c1-19-9-7-13-23(17-19)33-29(36)26-25-15-16-32(39-25)27(26)31(38)35(18-22-11-5-4-6-12-22)28(32)30(37)34-24-14-8-10-20(2)21(24)3/h4-7,9,11-13,15-17,20-21,24-28H,8,10,14,18H2,1-3H3,(H,33,36)(H,34,37)/t20-,21-,24+,25+,26-,27+,28+,32+/m0/s1. The van der Waals surface area contributed by atoms with Crippen LogP contribution in [0.25, 0.3) is 0 Å². The maximum absolute atomic E-state index is 14.2. The first kappa shape index (κ1) is 25.8. The molecule has 2 aromatic rings. The van der Waals surface area contributed by atoms with Gasteiger partial charge in [-0.1, -0.05) is 81.3 Å². The largest absolute Gasteiger partial charge is 0.359 e. The van der Waals surface area contributed by atoms with E-state index in [2.05, 4.69) is 24.5 Å². The summed E-state index contributed by atoms with van der Waals surface area (Å²) in [6.07, 6.45) is 6.34. The summed E-state index contributed by atoms with van der Waals surface area (Å²) < 4.78 is 6.49. The number of nitrogens with one attached hydrogen (secondary N) is 2. The molecule has 7 nitrogen and oxygen atoms in total. The van der Waals surface area contributed by atoms with E-state index in [4.69, 9.17) is 4.74 Å². The number of ether oxygens (including phenoxy) is 1. The lowest BCUT2D eigenvalue weighted by Gasteiger charge is -2.38. The smallest absolute Gasteiger partial charge is 0.246 e. The fourth-order valence-corrected chi connectivity index (χ4v) is 7.21. The zero-order valence-electron chi connectivity index (χ0n) is 22.8. The van der Waals surface area contributed by atoms with Crippen LogP contribution in [0.3, 0.4) is 0 Å². The molecule has 7 heteroatoms. The maximum atomic E-state index is 14.2. The van der Waals surface area contributed by atoms with Crippen molar-refractivity contribution in [3.63, 3.8) is 0 Å². The minimum absolute atomic E-state index is 0.0494. The van der Waals surface area contributed by atoms with E-state index in [0.717, 1.165) is 30.4 Å². The predicted octanol–water partition coefficient (Wildman–Crippen LogP) is 4.23. The number of fused-ring (bicyclic) bond motifs is 1. The van der Waals surface area contributed by atoms with Gasteiger partial charge in [-0.2, -0.15) is 0 Å². The highest BCUT2D eigenvalue weighted by molar-refractivity contribution is 6.02. The summed E-state index contributed by atoms with van der Waals surface area (Å²) in [6, 6.07) is 16.5. The van der Waals surface area contributed by atoms with E-state index < -0.39 is 29.6 Å². The number of nitrogens with zero attached hydrogens (tertiary/aromatic N) is 1. The number of anilines is 1. The average Bonchev–Trinajstić information content (AvgIpc) is 3.55. The molecule has 0 unspecified atom stereocenters. The Morgan fingerprint density at radius 3 is 2.62 bits per heavy atom. The first-order chi connectivity index (χ1) is 18.8. The zero-order valence-corrected chi connectivity index (χ0v) is 22.8. The van der Waals surface area contributed by atoms with Crippen molar-refractivity contribution < 1.29 is 19.1 Å². The molecule has 2 bridgehead atoms. The number of hydrogen-bond donors (Lipinski definition) is 2. The number of amides is 3. The normalized spacial score (nSPS) is 34.7. The van der Waals surface area contributed by atoms with Gasteiger partial charge in [0.1, 0.15) is 11.6 Å². The van der Waals surface area contributed by atoms with Crippen molar-refractivity contribution >= 4 is 23.4 Å². The molecule has 0 radical (unpaired) electrons. The molecule has 8 atom stereocenters. The molecular weight excluding hydrogens is 490 g/mol. The number of carbonyl (C=O) groups is 3. The molecule has 3 heterocycles. The highest BCUT2D eigenvalue weighted by atomic mass is 16.5. The third kappa shape index (κ3) is 4.37. The zero-order chi connectivity index (χ0) is 27.3. The van der Waals surface area contributed by atoms with Crippen LogP contribution in [0.1, 0.15) is 44.2 Å². The minimum Gasteiger partial charge on any atom is -0.359 e. The second-order valence-electron chi connectivity index (χ2n) is 11.9. The van der Waals surface area contributed by atoms with Crippen LogP contribution in [0.5, 0.6) is 0 Å². The number of aryl methyl sites for hydroxylation is 1. The van der Waals surface area contributed by atoms with Gasteiger partial charge in [-0.3, -0.25) is 14.4 Å². The monoisotopic (exact) mass is 527 g/mol. The maximum Gasteiger partial charge on any atom is 0.246 e. The lowest BCUT2D eigenvalue weighted by atomic mass is 9.73. The van der Waals surface area contributed by atoms with E-state index in [1.165, 1.54) is 0 Å². The SMILES string of the molecule is Cc1cccc(NC(=O)[C@H]2[C@H]3C=C[C@@]4(O3)[C@H]2C(=O)N(Cc2ccccc2)[C@@H]4C(=O)N[C@@H]2CCC[C@H](C)[C@@H]2C)c1. The molecule has 3 fully saturated rings. The van der Waals surface area contributed by atoms with Gasteiger partial charge in [0.25, 0.3) is 0 Å². The first-order valence-corrected chi connectivity index (χ1v) is 14.2. The molecule has 2 N–H and O–H groups in total. The summed E-state index contributed by atoms with van der Waals surface area (Å²) in [6.45, 7) is 6.68. The Labute approximate surface area is 230 Å². The summed E-state index contributed by atoms with van der Waals surface area (Å²) in [7, 11) is 0. The Hall–Kier alpha value is -3.45. The molecule has 1 spiro atoms. The van der Waals surface area contributed by atoms with Crippen molar-refractivity contribution in [2.45, 2.75) is 70.4 Å². The molecule has 3 aliphatic heterocycles. The second-order valence-corrected chi connectivity index (χ2v) is 11.9. The summed E-state index contributed by atoms with van der Waals surface area (Å²) in [5, 5.41) is 6.31. The van der Waals surface area contributed by atoms with Gasteiger partial charge in [0, 0.05) is 18.3 Å². The Balaban J connectivity index is 1.33. The van der Waals surface area contributed by atoms with Crippen molar-refractivity contribution in [3.8, 4) is 0 Å². The molecule has 3 amide bonds. The van der Waals surface area contributed by atoms with Crippen LogP contribution >= 0.6 is 0 Å². The van der Waals surface area contributed by atoms with Gasteiger partial charge in [0.05, 0.1) is 17.9 Å². The van der Waals surface area contributed by atoms with E-state index in [1.54, 1.807) is 4.90 Å². The third-order valence-electron chi connectivity index (χ3n) is 9.44. The topological polar surface area (TPSA) is 87.7 Å². The molecule has 6 rings (SSSR count). The molecule has 39 heavy (non-hydrogen) atoms. The quantitative estimate of drug-likeness (QED) is 0.551. The third-order valence-corrected chi connectivity index (χ3v) is 9.44. The van der Waals surface area contributed by atoms with E-state index in [-0.39, 0.29) is 30.3 Å². The van der Waals surface area contributed by atoms with Crippen LogP contribution in [0.2, 0.25) is 0 Å².